The van der Waals surface area contributed by atoms with Gasteiger partial charge in [0, 0.05) is 5.56 Å². The molecule has 3 aromatic carbocycles. The Morgan fingerprint density at radius 3 is 2.43 bits per heavy atom. The number of H-pyrrole nitrogens is 1. The number of fused-ring (bicyclic) bond motifs is 1. The second kappa shape index (κ2) is 7.77. The fourth-order valence-electron chi connectivity index (χ4n) is 3.14. The van der Waals surface area contributed by atoms with Gasteiger partial charge in [0.2, 0.25) is 0 Å². The number of carbonyl (C=O) groups is 1. The Morgan fingerprint density at radius 1 is 1.00 bits per heavy atom. The van der Waals surface area contributed by atoms with Gasteiger partial charge in [-0.1, -0.05) is 42.5 Å². The van der Waals surface area contributed by atoms with Crippen LogP contribution in [-0.2, 0) is 6.42 Å². The van der Waals surface area contributed by atoms with Gasteiger partial charge in [0.05, 0.1) is 28.7 Å². The number of carbonyl (C=O) groups excluding carboxylic acids is 1. The van der Waals surface area contributed by atoms with Gasteiger partial charge in [0.25, 0.3) is 5.91 Å². The van der Waals surface area contributed by atoms with Gasteiger partial charge in [-0.2, -0.15) is 5.26 Å². The van der Waals surface area contributed by atoms with Crippen LogP contribution in [0.15, 0.2) is 78.9 Å². The van der Waals surface area contributed by atoms with Gasteiger partial charge in [-0.05, 0) is 48.4 Å². The van der Waals surface area contributed by atoms with E-state index in [-0.39, 0.29) is 11.9 Å². The average Bonchev–Trinajstić information content (AvgIpc) is 3.18. The molecule has 1 amide bonds. The third kappa shape index (κ3) is 3.76. The first-order chi connectivity index (χ1) is 13.7. The smallest absolute Gasteiger partial charge is 0.251 e. The van der Waals surface area contributed by atoms with E-state index in [1.54, 1.807) is 24.3 Å². The highest BCUT2D eigenvalue weighted by atomic mass is 16.1. The van der Waals surface area contributed by atoms with E-state index in [4.69, 9.17) is 5.26 Å². The van der Waals surface area contributed by atoms with Gasteiger partial charge >= 0.3 is 0 Å². The van der Waals surface area contributed by atoms with E-state index in [1.165, 1.54) is 0 Å². The molecule has 0 bridgehead atoms. The fourth-order valence-corrected chi connectivity index (χ4v) is 3.14. The number of nitrogens with zero attached hydrogens (tertiary/aromatic N) is 2. The molecular formula is C23H18N4O. The molecular weight excluding hydrogens is 348 g/mol. The molecule has 0 fully saturated rings. The third-order valence-electron chi connectivity index (χ3n) is 4.60. The molecule has 0 saturated carbocycles. The summed E-state index contributed by atoms with van der Waals surface area (Å²) in [5.74, 6) is 0.512. The minimum Gasteiger partial charge on any atom is -0.342 e. The molecule has 0 unspecified atom stereocenters. The van der Waals surface area contributed by atoms with Crippen molar-refractivity contribution >= 4 is 16.9 Å². The molecule has 1 aromatic heterocycles. The normalized spacial score (nSPS) is 11.7. The Labute approximate surface area is 162 Å². The monoisotopic (exact) mass is 366 g/mol. The van der Waals surface area contributed by atoms with Gasteiger partial charge in [0.15, 0.2) is 0 Å². The Bertz CT molecular complexity index is 1110. The molecule has 0 radical (unpaired) electrons. The van der Waals surface area contributed by atoms with Crippen molar-refractivity contribution in [2.45, 2.75) is 12.5 Å². The highest BCUT2D eigenvalue weighted by Gasteiger charge is 2.20. The Balaban J connectivity index is 1.63. The summed E-state index contributed by atoms with van der Waals surface area (Å²) in [4.78, 5) is 20.8. The van der Waals surface area contributed by atoms with E-state index in [0.29, 0.717) is 23.4 Å². The predicted octanol–water partition coefficient (Wildman–Crippen LogP) is 4.15. The summed E-state index contributed by atoms with van der Waals surface area (Å²) in [5, 5.41) is 12.0. The zero-order valence-electron chi connectivity index (χ0n) is 15.1. The lowest BCUT2D eigenvalue weighted by Crippen LogP contribution is -2.30. The largest absolute Gasteiger partial charge is 0.342 e. The molecule has 0 spiro atoms. The lowest BCUT2D eigenvalue weighted by molar-refractivity contribution is 0.0935. The number of hydrogen-bond acceptors (Lipinski definition) is 3. The molecule has 0 aliphatic rings. The maximum Gasteiger partial charge on any atom is 0.251 e. The first kappa shape index (κ1) is 17.5. The molecule has 5 nitrogen and oxygen atoms in total. The zero-order valence-corrected chi connectivity index (χ0v) is 15.1. The maximum atomic E-state index is 12.8. The number of rotatable bonds is 5. The lowest BCUT2D eigenvalue weighted by atomic mass is 10.0. The fraction of sp³-hybridized carbons (Fsp3) is 0.0870. The molecule has 2 N–H and O–H groups in total. The number of imidazole rings is 1. The molecule has 4 aromatic rings. The second-order valence-electron chi connectivity index (χ2n) is 6.54. The summed E-state index contributed by atoms with van der Waals surface area (Å²) in [6.07, 6.45) is 0.614. The molecule has 28 heavy (non-hydrogen) atoms. The summed E-state index contributed by atoms with van der Waals surface area (Å²) in [7, 11) is 0. The first-order valence-electron chi connectivity index (χ1n) is 9.02. The van der Waals surface area contributed by atoms with Gasteiger partial charge in [-0.15, -0.1) is 0 Å². The van der Waals surface area contributed by atoms with Crippen LogP contribution in [0.3, 0.4) is 0 Å². The van der Waals surface area contributed by atoms with Gasteiger partial charge in [-0.25, -0.2) is 4.98 Å². The van der Waals surface area contributed by atoms with Crippen molar-refractivity contribution in [3.8, 4) is 6.07 Å². The van der Waals surface area contributed by atoms with Crippen LogP contribution in [0.4, 0.5) is 0 Å². The summed E-state index contributed by atoms with van der Waals surface area (Å²) < 4.78 is 0. The standard InChI is InChI=1S/C23H18N4O/c24-15-17-10-12-18(13-11-17)23(28)27-21(14-16-6-2-1-3-7-16)22-25-19-8-4-5-9-20(19)26-22/h1-13,21H,14H2,(H,25,26)(H,27,28)/t21-/m1/s1. The molecule has 0 saturated heterocycles. The van der Waals surface area contributed by atoms with Crippen molar-refractivity contribution in [3.63, 3.8) is 0 Å². The Hall–Kier alpha value is -3.91. The highest BCUT2D eigenvalue weighted by molar-refractivity contribution is 5.94. The van der Waals surface area contributed by atoms with E-state index in [9.17, 15) is 4.79 Å². The predicted molar refractivity (Wildman–Crippen MR) is 108 cm³/mol. The van der Waals surface area contributed by atoms with Gasteiger partial charge in [0.1, 0.15) is 5.82 Å². The SMILES string of the molecule is N#Cc1ccc(C(=O)N[C@H](Cc2ccccc2)c2nc3ccccc3[nH]2)cc1. The number of nitrogens with one attached hydrogen (secondary N) is 2. The zero-order chi connectivity index (χ0) is 19.3. The van der Waals surface area contributed by atoms with Crippen LogP contribution in [0.25, 0.3) is 11.0 Å². The van der Waals surface area contributed by atoms with Crippen molar-refractivity contribution in [2.75, 3.05) is 0 Å². The summed E-state index contributed by atoms with van der Waals surface area (Å²) in [6, 6.07) is 26.1. The number of aromatic nitrogens is 2. The van der Waals surface area contributed by atoms with Crippen molar-refractivity contribution in [1.29, 1.82) is 5.26 Å². The molecule has 4 rings (SSSR count). The number of aromatic amines is 1. The van der Waals surface area contributed by atoms with Crippen molar-refractivity contribution in [1.82, 2.24) is 15.3 Å². The number of nitriles is 1. The first-order valence-corrected chi connectivity index (χ1v) is 9.02. The lowest BCUT2D eigenvalue weighted by Gasteiger charge is -2.17. The van der Waals surface area contributed by atoms with Crippen molar-refractivity contribution in [3.05, 3.63) is 101 Å². The quantitative estimate of drug-likeness (QED) is 0.557. The number of amides is 1. The van der Waals surface area contributed by atoms with Crippen LogP contribution in [0.1, 0.15) is 33.4 Å². The van der Waals surface area contributed by atoms with E-state index >= 15 is 0 Å². The van der Waals surface area contributed by atoms with E-state index in [1.807, 2.05) is 54.6 Å². The number of hydrogen-bond donors (Lipinski definition) is 2. The van der Waals surface area contributed by atoms with Crippen LogP contribution >= 0.6 is 0 Å². The molecule has 136 valence electrons. The van der Waals surface area contributed by atoms with E-state index < -0.39 is 0 Å². The summed E-state index contributed by atoms with van der Waals surface area (Å²) in [5.41, 5.74) is 3.93. The van der Waals surface area contributed by atoms with Crippen LogP contribution in [0.2, 0.25) is 0 Å². The van der Waals surface area contributed by atoms with Crippen molar-refractivity contribution in [2.24, 2.45) is 0 Å². The second-order valence-corrected chi connectivity index (χ2v) is 6.54. The molecule has 1 heterocycles. The van der Waals surface area contributed by atoms with Crippen LogP contribution in [0, 0.1) is 11.3 Å². The third-order valence-corrected chi connectivity index (χ3v) is 4.60. The van der Waals surface area contributed by atoms with Gasteiger partial charge in [-0.3, -0.25) is 4.79 Å². The summed E-state index contributed by atoms with van der Waals surface area (Å²) in [6.45, 7) is 0. The molecule has 0 aliphatic carbocycles. The summed E-state index contributed by atoms with van der Waals surface area (Å²) >= 11 is 0. The number of para-hydroxylation sites is 2. The number of benzene rings is 3. The van der Waals surface area contributed by atoms with Crippen LogP contribution in [0.5, 0.6) is 0 Å². The highest BCUT2D eigenvalue weighted by Crippen LogP contribution is 2.20. The molecule has 0 aliphatic heterocycles. The van der Waals surface area contributed by atoms with Crippen LogP contribution in [-0.4, -0.2) is 15.9 Å². The molecule has 5 heteroatoms. The van der Waals surface area contributed by atoms with Gasteiger partial charge < -0.3 is 10.3 Å². The molecule has 1 atom stereocenters. The minimum absolute atomic E-state index is 0.203. The average molecular weight is 366 g/mol. The van der Waals surface area contributed by atoms with E-state index in [0.717, 1.165) is 16.6 Å². The minimum atomic E-state index is -0.307. The van der Waals surface area contributed by atoms with E-state index in [2.05, 4.69) is 21.4 Å². The topological polar surface area (TPSA) is 81.6 Å². The van der Waals surface area contributed by atoms with Crippen LogP contribution < -0.4 is 5.32 Å². The maximum absolute atomic E-state index is 12.8. The Morgan fingerprint density at radius 2 is 1.71 bits per heavy atom. The van der Waals surface area contributed by atoms with Crippen molar-refractivity contribution < 1.29 is 4.79 Å². The Kier molecular flexibility index (Phi) is 4.85.